The van der Waals surface area contributed by atoms with E-state index in [1.165, 1.54) is 27.6 Å². The Labute approximate surface area is 172 Å². The molecule has 8 nitrogen and oxygen atoms in total. The summed E-state index contributed by atoms with van der Waals surface area (Å²) in [7, 11) is 0. The zero-order valence-corrected chi connectivity index (χ0v) is 17.2. The second-order valence-corrected chi connectivity index (χ2v) is 7.69. The molecule has 1 amide bonds. The minimum atomic E-state index is -0.351. The number of hydrogen-bond acceptors (Lipinski definition) is 5. The Morgan fingerprint density at radius 3 is 2.53 bits per heavy atom. The lowest BCUT2D eigenvalue weighted by atomic mass is 10.2. The van der Waals surface area contributed by atoms with Crippen LogP contribution in [0.1, 0.15) is 26.1 Å². The van der Waals surface area contributed by atoms with E-state index < -0.39 is 0 Å². The number of amides is 1. The molecule has 2 aromatic heterocycles. The van der Waals surface area contributed by atoms with Crippen LogP contribution in [0.15, 0.2) is 35.3 Å². The highest BCUT2D eigenvalue weighted by Crippen LogP contribution is 2.16. The van der Waals surface area contributed by atoms with Crippen LogP contribution < -0.4 is 5.56 Å². The predicted octanol–water partition coefficient (Wildman–Crippen LogP) is 2.06. The third kappa shape index (κ3) is 3.85. The summed E-state index contributed by atoms with van der Waals surface area (Å²) in [5, 5.41) is 4.61. The Bertz CT molecular complexity index is 1130. The number of fused-ring (bicyclic) bond motifs is 1. The maximum atomic E-state index is 13.2. The second kappa shape index (κ2) is 7.98. The van der Waals surface area contributed by atoms with E-state index in [1.54, 1.807) is 24.0 Å². The van der Waals surface area contributed by atoms with Gasteiger partial charge in [0.2, 0.25) is 5.91 Å². The van der Waals surface area contributed by atoms with Crippen LogP contribution in [0.2, 0.25) is 0 Å². The maximum absolute atomic E-state index is 13.2. The van der Waals surface area contributed by atoms with Crippen molar-refractivity contribution >= 4 is 16.9 Å². The van der Waals surface area contributed by atoms with Gasteiger partial charge >= 0.3 is 0 Å². The molecular formula is C21H24FN5O3. The van der Waals surface area contributed by atoms with E-state index in [-0.39, 0.29) is 42.5 Å². The summed E-state index contributed by atoms with van der Waals surface area (Å²) < 4.78 is 21.9. The van der Waals surface area contributed by atoms with Crippen molar-refractivity contribution in [2.75, 3.05) is 13.1 Å². The summed E-state index contributed by atoms with van der Waals surface area (Å²) in [6, 6.07) is 5.81. The maximum Gasteiger partial charge on any atom is 0.264 e. The summed E-state index contributed by atoms with van der Waals surface area (Å²) in [5.41, 5.74) is 0.770. The van der Waals surface area contributed by atoms with Crippen molar-refractivity contribution in [3.63, 3.8) is 0 Å². The molecule has 0 aliphatic carbocycles. The quantitative estimate of drug-likeness (QED) is 0.654. The number of hydrogen-bond donors (Lipinski definition) is 0. The van der Waals surface area contributed by atoms with Crippen LogP contribution in [0.4, 0.5) is 4.39 Å². The second-order valence-electron chi connectivity index (χ2n) is 7.69. The monoisotopic (exact) mass is 413 g/mol. The molecule has 0 saturated carbocycles. The molecule has 1 aliphatic heterocycles. The molecule has 0 radical (unpaired) electrons. The lowest BCUT2D eigenvalue weighted by Gasteiger charge is -2.35. The first-order valence-electron chi connectivity index (χ1n) is 9.98. The van der Waals surface area contributed by atoms with E-state index in [9.17, 15) is 14.0 Å². The lowest BCUT2D eigenvalue weighted by molar-refractivity contribution is -0.143. The largest absolute Gasteiger partial charge is 0.372 e. The van der Waals surface area contributed by atoms with E-state index in [0.717, 1.165) is 0 Å². The first-order valence-corrected chi connectivity index (χ1v) is 9.98. The first kappa shape index (κ1) is 20.2. The summed E-state index contributed by atoms with van der Waals surface area (Å²) in [4.78, 5) is 32.0. The standard InChI is InChI=1S/C21H24FN5O3/c1-13-11-25(12-14(2)30-13)19(28)8-9-26-15(3)24-20-18(21(26)29)10-23-27(20)17-6-4-16(22)5-7-17/h4-7,10,13-14H,8-9,11-12H2,1-3H3. The Morgan fingerprint density at radius 2 is 1.87 bits per heavy atom. The van der Waals surface area contributed by atoms with E-state index in [0.29, 0.717) is 35.6 Å². The number of nitrogens with zero attached hydrogens (tertiary/aromatic N) is 5. The number of benzene rings is 1. The molecule has 1 aliphatic rings. The average molecular weight is 413 g/mol. The molecule has 158 valence electrons. The zero-order valence-electron chi connectivity index (χ0n) is 17.2. The molecule has 2 atom stereocenters. The van der Waals surface area contributed by atoms with Gasteiger partial charge in [0.05, 0.1) is 24.1 Å². The number of halogens is 1. The fraction of sp³-hybridized carbons (Fsp3) is 0.429. The summed E-state index contributed by atoms with van der Waals surface area (Å²) in [6.45, 7) is 6.97. The van der Waals surface area contributed by atoms with E-state index in [1.807, 2.05) is 13.8 Å². The molecule has 3 heterocycles. The summed E-state index contributed by atoms with van der Waals surface area (Å²) in [6.07, 6.45) is 1.66. The highest BCUT2D eigenvalue weighted by atomic mass is 19.1. The minimum absolute atomic E-state index is 0.00234. The fourth-order valence-electron chi connectivity index (χ4n) is 3.89. The van der Waals surface area contributed by atoms with Gasteiger partial charge in [0.15, 0.2) is 5.65 Å². The number of ether oxygens (including phenoxy) is 1. The molecule has 3 aromatic rings. The van der Waals surface area contributed by atoms with Gasteiger partial charge in [-0.25, -0.2) is 14.1 Å². The Kier molecular flexibility index (Phi) is 5.38. The molecule has 1 saturated heterocycles. The Balaban J connectivity index is 1.57. The Morgan fingerprint density at radius 1 is 1.20 bits per heavy atom. The zero-order chi connectivity index (χ0) is 21.4. The summed E-state index contributed by atoms with van der Waals surface area (Å²) >= 11 is 0. The number of morpholine rings is 1. The molecule has 1 fully saturated rings. The Hall–Kier alpha value is -3.07. The smallest absolute Gasteiger partial charge is 0.264 e. The molecule has 0 bridgehead atoms. The third-order valence-corrected chi connectivity index (χ3v) is 5.27. The average Bonchev–Trinajstić information content (AvgIpc) is 3.11. The van der Waals surface area contributed by atoms with E-state index >= 15 is 0 Å². The van der Waals surface area contributed by atoms with Crippen molar-refractivity contribution in [3.8, 4) is 5.69 Å². The van der Waals surface area contributed by atoms with Gasteiger partial charge in [-0.1, -0.05) is 0 Å². The highest BCUT2D eigenvalue weighted by Gasteiger charge is 2.26. The van der Waals surface area contributed by atoms with Crippen LogP contribution in [0.25, 0.3) is 16.7 Å². The third-order valence-electron chi connectivity index (χ3n) is 5.27. The predicted molar refractivity (Wildman–Crippen MR) is 109 cm³/mol. The van der Waals surface area contributed by atoms with Crippen LogP contribution in [0.5, 0.6) is 0 Å². The van der Waals surface area contributed by atoms with Crippen molar-refractivity contribution in [2.45, 2.75) is 45.9 Å². The highest BCUT2D eigenvalue weighted by molar-refractivity contribution is 5.77. The van der Waals surface area contributed by atoms with Gasteiger partial charge in [-0.15, -0.1) is 0 Å². The normalized spacial score (nSPS) is 19.4. The molecule has 9 heteroatoms. The van der Waals surface area contributed by atoms with Crippen molar-refractivity contribution in [3.05, 3.63) is 52.5 Å². The van der Waals surface area contributed by atoms with Crippen molar-refractivity contribution in [1.29, 1.82) is 0 Å². The summed E-state index contributed by atoms with van der Waals surface area (Å²) in [5.74, 6) is 0.133. The molecule has 4 rings (SSSR count). The number of carbonyl (C=O) groups excluding carboxylic acids is 1. The number of aromatic nitrogens is 4. The van der Waals surface area contributed by atoms with E-state index in [4.69, 9.17) is 4.74 Å². The van der Waals surface area contributed by atoms with Gasteiger partial charge in [-0.05, 0) is 45.0 Å². The number of carbonyl (C=O) groups is 1. The SMILES string of the molecule is Cc1nc2c(cnn2-c2ccc(F)cc2)c(=O)n1CCC(=O)N1CC(C)OC(C)C1. The van der Waals surface area contributed by atoms with Crippen molar-refractivity contribution in [2.24, 2.45) is 0 Å². The molecule has 0 N–H and O–H groups in total. The topological polar surface area (TPSA) is 82.2 Å². The van der Waals surface area contributed by atoms with Crippen LogP contribution >= 0.6 is 0 Å². The van der Waals surface area contributed by atoms with Crippen LogP contribution in [0, 0.1) is 12.7 Å². The minimum Gasteiger partial charge on any atom is -0.372 e. The first-order chi connectivity index (χ1) is 14.3. The molecule has 0 spiro atoms. The fourth-order valence-corrected chi connectivity index (χ4v) is 3.89. The van der Waals surface area contributed by atoms with Crippen LogP contribution in [0.3, 0.4) is 0 Å². The molecule has 1 aromatic carbocycles. The number of aryl methyl sites for hydroxylation is 1. The van der Waals surface area contributed by atoms with E-state index in [2.05, 4.69) is 10.1 Å². The van der Waals surface area contributed by atoms with Crippen LogP contribution in [-0.4, -0.2) is 55.4 Å². The number of rotatable bonds is 4. The molecule has 30 heavy (non-hydrogen) atoms. The van der Waals surface area contributed by atoms with Crippen molar-refractivity contribution in [1.82, 2.24) is 24.2 Å². The van der Waals surface area contributed by atoms with Gasteiger partial charge < -0.3 is 9.64 Å². The van der Waals surface area contributed by atoms with Gasteiger partial charge in [0.1, 0.15) is 17.0 Å². The van der Waals surface area contributed by atoms with Gasteiger partial charge in [0, 0.05) is 26.1 Å². The van der Waals surface area contributed by atoms with Gasteiger partial charge in [-0.2, -0.15) is 5.10 Å². The molecule has 2 unspecified atom stereocenters. The molecular weight excluding hydrogens is 389 g/mol. The lowest BCUT2D eigenvalue weighted by Crippen LogP contribution is -2.48. The van der Waals surface area contributed by atoms with Gasteiger partial charge in [-0.3, -0.25) is 14.2 Å². The van der Waals surface area contributed by atoms with Gasteiger partial charge in [0.25, 0.3) is 5.56 Å². The van der Waals surface area contributed by atoms with Crippen LogP contribution in [-0.2, 0) is 16.1 Å². The van der Waals surface area contributed by atoms with Crippen molar-refractivity contribution < 1.29 is 13.9 Å².